The Hall–Kier alpha value is -0.570. The Bertz CT molecular complexity index is 246. The van der Waals surface area contributed by atoms with Crippen LogP contribution < -0.4 is 5.73 Å². The summed E-state index contributed by atoms with van der Waals surface area (Å²) < 4.78 is 0. The molecule has 0 amide bonds. The molecule has 1 saturated heterocycles. The quantitative estimate of drug-likeness (QED) is 0.568. The zero-order valence-electron chi connectivity index (χ0n) is 10.4. The zero-order valence-corrected chi connectivity index (χ0v) is 10.4. The summed E-state index contributed by atoms with van der Waals surface area (Å²) in [5, 5.41) is 7.71. The Kier molecular flexibility index (Phi) is 3.85. The molecule has 0 spiro atoms. The van der Waals surface area contributed by atoms with E-state index >= 15 is 0 Å². The summed E-state index contributed by atoms with van der Waals surface area (Å²) in [6, 6.07) is 0.921. The van der Waals surface area contributed by atoms with E-state index in [2.05, 4.69) is 11.8 Å². The second kappa shape index (κ2) is 5.17. The van der Waals surface area contributed by atoms with Crippen LogP contribution in [0.3, 0.4) is 0 Å². The summed E-state index contributed by atoms with van der Waals surface area (Å²) in [6.07, 6.45) is 9.22. The third-order valence-electron chi connectivity index (χ3n) is 4.43. The van der Waals surface area contributed by atoms with E-state index in [0.29, 0.717) is 5.84 Å². The first-order chi connectivity index (χ1) is 7.74. The number of nitrogens with zero attached hydrogens (tertiary/aromatic N) is 1. The third-order valence-corrected chi connectivity index (χ3v) is 4.43. The minimum atomic E-state index is 0.202. The normalized spacial score (nSPS) is 29.7. The van der Waals surface area contributed by atoms with Crippen molar-refractivity contribution in [3.8, 4) is 0 Å². The average molecular weight is 223 g/mol. The van der Waals surface area contributed by atoms with Gasteiger partial charge in [0.15, 0.2) is 0 Å². The molecule has 92 valence electrons. The largest absolute Gasteiger partial charge is 0.386 e. The third kappa shape index (κ3) is 2.24. The van der Waals surface area contributed by atoms with Crippen molar-refractivity contribution >= 4 is 5.84 Å². The van der Waals surface area contributed by atoms with Gasteiger partial charge in [0.2, 0.25) is 0 Å². The van der Waals surface area contributed by atoms with Crippen LogP contribution in [0.1, 0.15) is 51.9 Å². The Morgan fingerprint density at radius 1 is 1.31 bits per heavy atom. The van der Waals surface area contributed by atoms with E-state index in [-0.39, 0.29) is 6.04 Å². The molecule has 1 aliphatic carbocycles. The molecule has 0 aromatic heterocycles. The fourth-order valence-electron chi connectivity index (χ4n) is 3.68. The highest BCUT2D eigenvalue weighted by Crippen LogP contribution is 2.36. The van der Waals surface area contributed by atoms with Crippen molar-refractivity contribution in [1.29, 1.82) is 5.41 Å². The lowest BCUT2D eigenvalue weighted by atomic mass is 9.94. The van der Waals surface area contributed by atoms with E-state index < -0.39 is 0 Å². The molecule has 2 atom stereocenters. The molecule has 3 heteroatoms. The second-order valence-electron chi connectivity index (χ2n) is 5.37. The van der Waals surface area contributed by atoms with Crippen molar-refractivity contribution in [2.75, 3.05) is 6.54 Å². The van der Waals surface area contributed by atoms with Crippen molar-refractivity contribution in [3.63, 3.8) is 0 Å². The molecule has 3 nitrogen and oxygen atoms in total. The first-order valence-electron chi connectivity index (χ1n) is 6.83. The average Bonchev–Trinajstić information content (AvgIpc) is 2.86. The molecular weight excluding hydrogens is 198 g/mol. The highest BCUT2D eigenvalue weighted by Gasteiger charge is 2.37. The van der Waals surface area contributed by atoms with Crippen LogP contribution in [0.4, 0.5) is 0 Å². The zero-order chi connectivity index (χ0) is 11.5. The first-order valence-corrected chi connectivity index (χ1v) is 6.83. The van der Waals surface area contributed by atoms with Gasteiger partial charge >= 0.3 is 0 Å². The van der Waals surface area contributed by atoms with Crippen LogP contribution in [0.25, 0.3) is 0 Å². The maximum absolute atomic E-state index is 7.71. The minimum absolute atomic E-state index is 0.202. The van der Waals surface area contributed by atoms with Gasteiger partial charge in [0.05, 0.1) is 6.04 Å². The van der Waals surface area contributed by atoms with Crippen molar-refractivity contribution in [2.45, 2.75) is 64.0 Å². The second-order valence-corrected chi connectivity index (χ2v) is 5.37. The number of hydrogen-bond acceptors (Lipinski definition) is 2. The van der Waals surface area contributed by atoms with Crippen molar-refractivity contribution < 1.29 is 0 Å². The van der Waals surface area contributed by atoms with E-state index in [0.717, 1.165) is 24.9 Å². The van der Waals surface area contributed by atoms with Gasteiger partial charge in [-0.2, -0.15) is 0 Å². The summed E-state index contributed by atoms with van der Waals surface area (Å²) in [5.41, 5.74) is 5.73. The van der Waals surface area contributed by atoms with Crippen molar-refractivity contribution in [2.24, 2.45) is 11.7 Å². The molecule has 1 saturated carbocycles. The molecule has 1 heterocycles. The van der Waals surface area contributed by atoms with Gasteiger partial charge in [0, 0.05) is 6.04 Å². The Morgan fingerprint density at radius 2 is 2.00 bits per heavy atom. The number of likely N-dealkylation sites (tertiary alicyclic amines) is 1. The maximum Gasteiger partial charge on any atom is 0.108 e. The van der Waals surface area contributed by atoms with Gasteiger partial charge in [0.25, 0.3) is 0 Å². The van der Waals surface area contributed by atoms with Gasteiger partial charge in [-0.1, -0.05) is 19.8 Å². The van der Waals surface area contributed by atoms with Crippen LogP contribution in [0.15, 0.2) is 0 Å². The predicted molar refractivity (Wildman–Crippen MR) is 67.7 cm³/mol. The van der Waals surface area contributed by atoms with Crippen LogP contribution in [0.2, 0.25) is 0 Å². The molecule has 2 aliphatic rings. The van der Waals surface area contributed by atoms with Crippen LogP contribution >= 0.6 is 0 Å². The lowest BCUT2D eigenvalue weighted by Gasteiger charge is -2.35. The van der Waals surface area contributed by atoms with Crippen LogP contribution in [0, 0.1) is 11.3 Å². The molecule has 0 aromatic rings. The molecule has 0 radical (unpaired) electrons. The van der Waals surface area contributed by atoms with E-state index in [1.54, 1.807) is 0 Å². The molecule has 1 aliphatic heterocycles. The summed E-state index contributed by atoms with van der Waals surface area (Å²) in [7, 11) is 0. The molecular formula is C13H25N3. The highest BCUT2D eigenvalue weighted by molar-refractivity contribution is 5.82. The summed E-state index contributed by atoms with van der Waals surface area (Å²) >= 11 is 0. The van der Waals surface area contributed by atoms with Crippen molar-refractivity contribution in [3.05, 3.63) is 0 Å². The molecule has 16 heavy (non-hydrogen) atoms. The number of hydrogen-bond donors (Lipinski definition) is 2. The molecule has 3 N–H and O–H groups in total. The van der Waals surface area contributed by atoms with Gasteiger partial charge in [-0.05, 0) is 44.6 Å². The summed E-state index contributed by atoms with van der Waals surface area (Å²) in [5.74, 6) is 1.25. The van der Waals surface area contributed by atoms with Crippen LogP contribution in [-0.2, 0) is 0 Å². The van der Waals surface area contributed by atoms with Gasteiger partial charge < -0.3 is 5.73 Å². The lowest BCUT2D eigenvalue weighted by molar-refractivity contribution is 0.163. The number of nitrogens with one attached hydrogen (secondary N) is 1. The first kappa shape index (κ1) is 11.9. The number of amidine groups is 1. The van der Waals surface area contributed by atoms with Gasteiger partial charge in [-0.25, -0.2) is 0 Å². The van der Waals surface area contributed by atoms with Gasteiger partial charge in [0.1, 0.15) is 5.84 Å². The summed E-state index contributed by atoms with van der Waals surface area (Å²) in [6.45, 7) is 3.30. The number of rotatable bonds is 4. The fourth-order valence-corrected chi connectivity index (χ4v) is 3.68. The standard InChI is InChI=1S/C13H25N3/c1-2-11(13(14)15)16-9-5-8-12(16)10-6-3-4-7-10/h10-12H,2-9H2,1H3,(H3,14,15). The van der Waals surface area contributed by atoms with Crippen LogP contribution in [-0.4, -0.2) is 29.4 Å². The maximum atomic E-state index is 7.71. The Balaban J connectivity index is 2.03. The molecule has 2 unspecified atom stereocenters. The van der Waals surface area contributed by atoms with E-state index in [1.165, 1.54) is 38.5 Å². The van der Waals surface area contributed by atoms with E-state index in [1.807, 2.05) is 0 Å². The lowest BCUT2D eigenvalue weighted by Crippen LogP contribution is -2.48. The summed E-state index contributed by atoms with van der Waals surface area (Å²) in [4.78, 5) is 2.53. The fraction of sp³-hybridized carbons (Fsp3) is 0.923. The molecule has 0 aromatic carbocycles. The Morgan fingerprint density at radius 3 is 2.56 bits per heavy atom. The van der Waals surface area contributed by atoms with Crippen LogP contribution in [0.5, 0.6) is 0 Å². The van der Waals surface area contributed by atoms with E-state index in [4.69, 9.17) is 11.1 Å². The topological polar surface area (TPSA) is 53.1 Å². The number of nitrogens with two attached hydrogens (primary N) is 1. The smallest absolute Gasteiger partial charge is 0.108 e. The Labute approximate surface area is 98.9 Å². The SMILES string of the molecule is CCC(C(=N)N)N1CCCC1C1CCCC1. The van der Waals surface area contributed by atoms with Gasteiger partial charge in [-0.3, -0.25) is 10.3 Å². The monoisotopic (exact) mass is 223 g/mol. The highest BCUT2D eigenvalue weighted by atomic mass is 15.2. The minimum Gasteiger partial charge on any atom is -0.386 e. The van der Waals surface area contributed by atoms with E-state index in [9.17, 15) is 0 Å². The molecule has 0 bridgehead atoms. The molecule has 2 fully saturated rings. The molecule has 2 rings (SSSR count). The van der Waals surface area contributed by atoms with Crippen molar-refractivity contribution in [1.82, 2.24) is 4.90 Å². The van der Waals surface area contributed by atoms with Gasteiger partial charge in [-0.15, -0.1) is 0 Å². The predicted octanol–water partition coefficient (Wildman–Crippen LogP) is 2.36.